The average Bonchev–Trinajstić information content (AvgIpc) is 3.19. The summed E-state index contributed by atoms with van der Waals surface area (Å²) in [5.74, 6) is 1.38. The normalized spacial score (nSPS) is 24.9. The van der Waals surface area contributed by atoms with Crippen molar-refractivity contribution in [1.82, 2.24) is 24.7 Å². The predicted octanol–water partition coefficient (Wildman–Crippen LogP) is 2.18. The molecule has 1 N–H and O–H groups in total. The summed E-state index contributed by atoms with van der Waals surface area (Å²) in [4.78, 5) is 33.1. The minimum atomic E-state index is -0.299. The molecule has 0 unspecified atom stereocenters. The Labute approximate surface area is 172 Å². The highest BCUT2D eigenvalue weighted by Crippen LogP contribution is 2.36. The van der Waals surface area contributed by atoms with Gasteiger partial charge in [-0.1, -0.05) is 12.1 Å². The Morgan fingerprint density at radius 3 is 2.69 bits per heavy atom. The van der Waals surface area contributed by atoms with Gasteiger partial charge in [0.1, 0.15) is 5.82 Å². The molecular formula is C22H31N5O2. The number of benzene rings is 1. The number of hydrogen-bond acceptors (Lipinski definition) is 4. The quantitative estimate of drug-likeness (QED) is 0.859. The minimum absolute atomic E-state index is 0.0181. The van der Waals surface area contributed by atoms with Gasteiger partial charge in [-0.05, 0) is 32.4 Å². The van der Waals surface area contributed by atoms with Crippen molar-refractivity contribution in [1.29, 1.82) is 0 Å². The first-order chi connectivity index (χ1) is 13.8. The fourth-order valence-electron chi connectivity index (χ4n) is 5.17. The van der Waals surface area contributed by atoms with E-state index < -0.39 is 0 Å². The second kappa shape index (κ2) is 7.44. The molecule has 156 valence electrons. The molecule has 0 aliphatic carbocycles. The molecule has 29 heavy (non-hydrogen) atoms. The molecule has 3 heterocycles. The monoisotopic (exact) mass is 397 g/mol. The summed E-state index contributed by atoms with van der Waals surface area (Å²) in [6.07, 6.45) is 0.850. The number of fused-ring (bicyclic) bond motifs is 2. The SMILES string of the molecule is CC(=O)N[C@@]12CCN(Cc3nc4ccccc4n3C(C)C)C[C@@H]1CN(C(C)=O)C2. The molecule has 2 aliphatic heterocycles. The maximum Gasteiger partial charge on any atom is 0.219 e. The Hall–Kier alpha value is -2.41. The molecule has 7 heteroatoms. The zero-order chi connectivity index (χ0) is 20.8. The minimum Gasteiger partial charge on any atom is -0.349 e. The lowest BCUT2D eigenvalue weighted by atomic mass is 9.80. The summed E-state index contributed by atoms with van der Waals surface area (Å²) in [5.41, 5.74) is 1.90. The molecule has 2 amide bonds. The van der Waals surface area contributed by atoms with Crippen molar-refractivity contribution in [3.63, 3.8) is 0 Å². The number of carbonyl (C=O) groups is 2. The summed E-state index contributed by atoms with van der Waals surface area (Å²) in [6, 6.07) is 8.62. The van der Waals surface area contributed by atoms with E-state index in [-0.39, 0.29) is 23.3 Å². The van der Waals surface area contributed by atoms with Gasteiger partial charge in [0.05, 0.1) is 23.1 Å². The second-order valence-corrected chi connectivity index (χ2v) is 8.90. The van der Waals surface area contributed by atoms with E-state index in [2.05, 4.69) is 46.8 Å². The number of imidazole rings is 1. The fraction of sp³-hybridized carbons (Fsp3) is 0.591. The number of nitrogens with one attached hydrogen (secondary N) is 1. The molecule has 2 aliphatic rings. The summed E-state index contributed by atoms with van der Waals surface area (Å²) < 4.78 is 2.32. The molecule has 1 aromatic carbocycles. The molecule has 7 nitrogen and oxygen atoms in total. The topological polar surface area (TPSA) is 70.5 Å². The zero-order valence-corrected chi connectivity index (χ0v) is 17.8. The van der Waals surface area contributed by atoms with E-state index >= 15 is 0 Å². The van der Waals surface area contributed by atoms with E-state index in [1.807, 2.05) is 11.0 Å². The van der Waals surface area contributed by atoms with Gasteiger partial charge in [-0.25, -0.2) is 4.98 Å². The van der Waals surface area contributed by atoms with Crippen LogP contribution >= 0.6 is 0 Å². The lowest BCUT2D eigenvalue weighted by Crippen LogP contribution is -2.60. The number of nitrogens with zero attached hydrogens (tertiary/aromatic N) is 4. The molecule has 1 aromatic heterocycles. The number of piperidine rings is 1. The van der Waals surface area contributed by atoms with Crippen LogP contribution in [0.1, 0.15) is 46.0 Å². The van der Waals surface area contributed by atoms with E-state index in [4.69, 9.17) is 4.98 Å². The van der Waals surface area contributed by atoms with Crippen LogP contribution in [-0.2, 0) is 16.1 Å². The first kappa shape index (κ1) is 19.9. The van der Waals surface area contributed by atoms with Crippen molar-refractivity contribution in [3.05, 3.63) is 30.1 Å². The van der Waals surface area contributed by atoms with Gasteiger partial charge in [0, 0.05) is 52.0 Å². The molecule has 2 atom stereocenters. The largest absolute Gasteiger partial charge is 0.349 e. The number of amides is 2. The summed E-state index contributed by atoms with van der Waals surface area (Å²) >= 11 is 0. The van der Waals surface area contributed by atoms with Crippen LogP contribution in [0.25, 0.3) is 11.0 Å². The Morgan fingerprint density at radius 2 is 2.00 bits per heavy atom. The number of carbonyl (C=O) groups excluding carboxylic acids is 2. The highest BCUT2D eigenvalue weighted by atomic mass is 16.2. The summed E-state index contributed by atoms with van der Waals surface area (Å²) in [7, 11) is 0. The van der Waals surface area contributed by atoms with Gasteiger partial charge in [0.25, 0.3) is 0 Å². The summed E-state index contributed by atoms with van der Waals surface area (Å²) in [6.45, 7) is 11.4. The van der Waals surface area contributed by atoms with Crippen molar-refractivity contribution < 1.29 is 9.59 Å². The molecular weight excluding hydrogens is 366 g/mol. The molecule has 0 radical (unpaired) electrons. The molecule has 0 saturated carbocycles. The van der Waals surface area contributed by atoms with Crippen molar-refractivity contribution in [2.24, 2.45) is 5.92 Å². The number of aromatic nitrogens is 2. The first-order valence-electron chi connectivity index (χ1n) is 10.5. The van der Waals surface area contributed by atoms with Crippen LogP contribution in [0.15, 0.2) is 24.3 Å². The Balaban J connectivity index is 1.57. The number of likely N-dealkylation sites (tertiary alicyclic amines) is 2. The van der Waals surface area contributed by atoms with Crippen molar-refractivity contribution in [2.75, 3.05) is 26.2 Å². The van der Waals surface area contributed by atoms with Crippen LogP contribution in [0, 0.1) is 5.92 Å². The van der Waals surface area contributed by atoms with Gasteiger partial charge in [-0.3, -0.25) is 14.5 Å². The lowest BCUT2D eigenvalue weighted by molar-refractivity contribution is -0.128. The van der Waals surface area contributed by atoms with E-state index in [9.17, 15) is 9.59 Å². The molecule has 2 aromatic rings. The van der Waals surface area contributed by atoms with Gasteiger partial charge >= 0.3 is 0 Å². The molecule has 0 bridgehead atoms. The van der Waals surface area contributed by atoms with Crippen LogP contribution in [0.3, 0.4) is 0 Å². The van der Waals surface area contributed by atoms with Gasteiger partial charge in [-0.15, -0.1) is 0 Å². The Kier molecular flexibility index (Phi) is 5.11. The van der Waals surface area contributed by atoms with Crippen molar-refractivity contribution in [2.45, 2.75) is 52.2 Å². The third-order valence-corrected chi connectivity index (χ3v) is 6.47. The van der Waals surface area contributed by atoms with Gasteiger partial charge in [-0.2, -0.15) is 0 Å². The van der Waals surface area contributed by atoms with Crippen LogP contribution < -0.4 is 5.32 Å². The van der Waals surface area contributed by atoms with E-state index in [1.165, 1.54) is 5.52 Å². The number of para-hydroxylation sites is 2. The van der Waals surface area contributed by atoms with E-state index in [1.54, 1.807) is 13.8 Å². The van der Waals surface area contributed by atoms with E-state index in [0.717, 1.165) is 37.4 Å². The Morgan fingerprint density at radius 1 is 1.24 bits per heavy atom. The average molecular weight is 398 g/mol. The zero-order valence-electron chi connectivity index (χ0n) is 17.8. The molecule has 4 rings (SSSR count). The maximum atomic E-state index is 12.0. The molecule has 0 spiro atoms. The second-order valence-electron chi connectivity index (χ2n) is 8.90. The standard InChI is InChI=1S/C22H31N5O2/c1-15(2)27-20-8-6-5-7-19(20)23-21(27)13-25-10-9-22(24-16(3)28)14-26(17(4)29)12-18(22)11-25/h5-8,15,18H,9-14H2,1-4H3,(H,24,28)/t18-,22-/m1/s1. The fourth-order valence-corrected chi connectivity index (χ4v) is 5.17. The van der Waals surface area contributed by atoms with Gasteiger partial charge in [0.2, 0.25) is 11.8 Å². The Bertz CT molecular complexity index is 936. The van der Waals surface area contributed by atoms with Crippen LogP contribution in [0.2, 0.25) is 0 Å². The first-order valence-corrected chi connectivity index (χ1v) is 10.5. The smallest absolute Gasteiger partial charge is 0.219 e. The third kappa shape index (κ3) is 3.64. The van der Waals surface area contributed by atoms with Crippen LogP contribution in [-0.4, -0.2) is 62.9 Å². The van der Waals surface area contributed by atoms with Gasteiger partial charge in [0.15, 0.2) is 0 Å². The lowest BCUT2D eigenvalue weighted by Gasteiger charge is -2.43. The predicted molar refractivity (Wildman–Crippen MR) is 112 cm³/mol. The molecule has 2 saturated heterocycles. The number of rotatable bonds is 4. The van der Waals surface area contributed by atoms with Crippen molar-refractivity contribution in [3.8, 4) is 0 Å². The van der Waals surface area contributed by atoms with Crippen molar-refractivity contribution >= 4 is 22.8 Å². The van der Waals surface area contributed by atoms with Crippen LogP contribution in [0.4, 0.5) is 0 Å². The van der Waals surface area contributed by atoms with Gasteiger partial charge < -0.3 is 14.8 Å². The third-order valence-electron chi connectivity index (χ3n) is 6.47. The highest BCUT2D eigenvalue weighted by Gasteiger charge is 2.50. The maximum absolute atomic E-state index is 12.0. The van der Waals surface area contributed by atoms with Crippen LogP contribution in [0.5, 0.6) is 0 Å². The highest BCUT2D eigenvalue weighted by molar-refractivity contribution is 5.77. The summed E-state index contributed by atoms with van der Waals surface area (Å²) in [5, 5.41) is 3.20. The van der Waals surface area contributed by atoms with E-state index in [0.29, 0.717) is 19.1 Å². The molecule has 2 fully saturated rings. The number of hydrogen-bond donors (Lipinski definition) is 1.